The molecule has 0 spiro atoms. The fraction of sp³-hybridized carbons (Fsp3) is 0.200. The van der Waals surface area contributed by atoms with Crippen LogP contribution in [-0.2, 0) is 16.0 Å². The quantitative estimate of drug-likeness (QED) is 0.454. The molecule has 0 aliphatic rings. The second kappa shape index (κ2) is 8.41. The third kappa shape index (κ3) is 4.20. The number of carbonyl (C=O) groups excluding carboxylic acids is 2. The van der Waals surface area contributed by atoms with E-state index in [2.05, 4.69) is 39.9 Å². The third-order valence-electron chi connectivity index (χ3n) is 5.43. The summed E-state index contributed by atoms with van der Waals surface area (Å²) in [5.74, 6) is -0.426. The lowest BCUT2D eigenvalue weighted by atomic mass is 10.0. The number of hydrogen-bond acceptors (Lipinski definition) is 2. The highest BCUT2D eigenvalue weighted by Crippen LogP contribution is 2.22. The van der Waals surface area contributed by atoms with Gasteiger partial charge < -0.3 is 15.6 Å². The fourth-order valence-corrected chi connectivity index (χ4v) is 3.85. The molecule has 3 aromatic carbocycles. The van der Waals surface area contributed by atoms with Gasteiger partial charge in [0.15, 0.2) is 0 Å². The average molecular weight is 399 g/mol. The predicted octanol–water partition coefficient (Wildman–Crippen LogP) is 4.25. The molecule has 0 aliphatic carbocycles. The first-order valence-electron chi connectivity index (χ1n) is 10.1. The molecule has 3 N–H and O–H groups in total. The zero-order chi connectivity index (χ0) is 21.1. The number of aromatic amines is 1. The molecule has 0 radical (unpaired) electrons. The Morgan fingerprint density at radius 1 is 0.933 bits per heavy atom. The summed E-state index contributed by atoms with van der Waals surface area (Å²) in [7, 11) is 0. The summed E-state index contributed by atoms with van der Waals surface area (Å²) in [5.41, 5.74) is 3.03. The summed E-state index contributed by atoms with van der Waals surface area (Å²) in [6.45, 7) is 3.39. The molecule has 0 aliphatic heterocycles. The highest BCUT2D eigenvalue weighted by Gasteiger charge is 2.23. The number of H-pyrrole nitrogens is 1. The van der Waals surface area contributed by atoms with E-state index in [4.69, 9.17) is 0 Å². The van der Waals surface area contributed by atoms with Crippen LogP contribution >= 0.6 is 0 Å². The number of rotatable bonds is 6. The van der Waals surface area contributed by atoms with Crippen LogP contribution in [0.4, 0.5) is 0 Å². The van der Waals surface area contributed by atoms with Crippen molar-refractivity contribution in [2.24, 2.45) is 0 Å². The van der Waals surface area contributed by atoms with Crippen LogP contribution in [-0.4, -0.2) is 22.8 Å². The lowest BCUT2D eigenvalue weighted by Gasteiger charge is -2.21. The minimum Gasteiger partial charge on any atom is -0.361 e. The van der Waals surface area contributed by atoms with Crippen LogP contribution in [0, 0.1) is 0 Å². The smallest absolute Gasteiger partial charge is 0.243 e. The molecule has 30 heavy (non-hydrogen) atoms. The topological polar surface area (TPSA) is 74.0 Å². The van der Waals surface area contributed by atoms with Crippen molar-refractivity contribution in [2.75, 3.05) is 0 Å². The average Bonchev–Trinajstić information content (AvgIpc) is 3.15. The number of carbonyl (C=O) groups is 2. The number of amides is 2. The number of para-hydroxylation sites is 1. The van der Waals surface area contributed by atoms with Crippen molar-refractivity contribution in [3.05, 3.63) is 84.1 Å². The van der Waals surface area contributed by atoms with Crippen molar-refractivity contribution in [1.29, 1.82) is 0 Å². The highest BCUT2D eigenvalue weighted by atomic mass is 16.2. The van der Waals surface area contributed by atoms with Crippen LogP contribution in [0.3, 0.4) is 0 Å². The lowest BCUT2D eigenvalue weighted by molar-refractivity contribution is -0.128. The summed E-state index contributed by atoms with van der Waals surface area (Å²) in [5, 5.41) is 9.22. The van der Waals surface area contributed by atoms with Crippen molar-refractivity contribution >= 4 is 33.5 Å². The van der Waals surface area contributed by atoms with E-state index >= 15 is 0 Å². The molecular formula is C25H25N3O2. The normalized spacial score (nSPS) is 13.1. The Morgan fingerprint density at radius 3 is 2.47 bits per heavy atom. The van der Waals surface area contributed by atoms with E-state index in [-0.39, 0.29) is 17.9 Å². The molecule has 4 rings (SSSR count). The minimum absolute atomic E-state index is 0.179. The summed E-state index contributed by atoms with van der Waals surface area (Å²) < 4.78 is 0. The van der Waals surface area contributed by atoms with E-state index in [1.165, 1.54) is 6.92 Å². The monoisotopic (exact) mass is 399 g/mol. The van der Waals surface area contributed by atoms with Crippen molar-refractivity contribution in [3.8, 4) is 0 Å². The van der Waals surface area contributed by atoms with Crippen LogP contribution in [0.5, 0.6) is 0 Å². The number of benzene rings is 3. The molecule has 5 heteroatoms. The van der Waals surface area contributed by atoms with Gasteiger partial charge in [-0.2, -0.15) is 0 Å². The molecular weight excluding hydrogens is 374 g/mol. The Kier molecular flexibility index (Phi) is 5.53. The Morgan fingerprint density at radius 2 is 1.67 bits per heavy atom. The van der Waals surface area contributed by atoms with Crippen LogP contribution in [0.1, 0.15) is 31.0 Å². The first-order chi connectivity index (χ1) is 14.5. The molecule has 2 unspecified atom stereocenters. The Bertz CT molecular complexity index is 1210. The molecule has 152 valence electrons. The third-order valence-corrected chi connectivity index (χ3v) is 5.43. The maximum Gasteiger partial charge on any atom is 0.243 e. The van der Waals surface area contributed by atoms with Crippen LogP contribution in [0.2, 0.25) is 0 Å². The molecule has 5 nitrogen and oxygen atoms in total. The molecule has 0 saturated carbocycles. The molecule has 0 fully saturated rings. The summed E-state index contributed by atoms with van der Waals surface area (Å²) in [6.07, 6.45) is 2.32. The molecule has 1 aromatic heterocycles. The Labute approximate surface area is 175 Å². The molecule has 0 bridgehead atoms. The van der Waals surface area contributed by atoms with Crippen molar-refractivity contribution in [1.82, 2.24) is 15.6 Å². The van der Waals surface area contributed by atoms with Gasteiger partial charge in [0.25, 0.3) is 0 Å². The fourth-order valence-electron chi connectivity index (χ4n) is 3.85. The first-order valence-corrected chi connectivity index (χ1v) is 10.1. The van der Waals surface area contributed by atoms with E-state index < -0.39 is 6.04 Å². The minimum atomic E-state index is -0.649. The summed E-state index contributed by atoms with van der Waals surface area (Å²) >= 11 is 0. The number of hydrogen-bond donors (Lipinski definition) is 3. The molecule has 1 heterocycles. The Hall–Kier alpha value is -3.60. The first kappa shape index (κ1) is 19.7. The van der Waals surface area contributed by atoms with E-state index in [0.717, 1.165) is 32.8 Å². The second-order valence-corrected chi connectivity index (χ2v) is 7.65. The Balaban J connectivity index is 1.53. The van der Waals surface area contributed by atoms with E-state index in [1.807, 2.05) is 55.6 Å². The SMILES string of the molecule is CC(=O)NC(Cc1c[nH]c2ccccc12)C(=O)NC(C)c1ccc2ccccc2c1. The molecule has 2 atom stereocenters. The summed E-state index contributed by atoms with van der Waals surface area (Å²) in [4.78, 5) is 28.0. The lowest BCUT2D eigenvalue weighted by Crippen LogP contribution is -2.47. The maximum atomic E-state index is 13.1. The van der Waals surface area contributed by atoms with Gasteiger partial charge in [0, 0.05) is 30.4 Å². The van der Waals surface area contributed by atoms with Crippen LogP contribution < -0.4 is 10.6 Å². The van der Waals surface area contributed by atoms with E-state index in [1.54, 1.807) is 0 Å². The number of fused-ring (bicyclic) bond motifs is 2. The van der Waals surface area contributed by atoms with Gasteiger partial charge in [-0.25, -0.2) is 0 Å². The van der Waals surface area contributed by atoms with Gasteiger partial charge in [-0.15, -0.1) is 0 Å². The highest BCUT2D eigenvalue weighted by molar-refractivity contribution is 5.89. The largest absolute Gasteiger partial charge is 0.361 e. The zero-order valence-corrected chi connectivity index (χ0v) is 17.1. The van der Waals surface area contributed by atoms with Crippen molar-refractivity contribution < 1.29 is 9.59 Å². The second-order valence-electron chi connectivity index (χ2n) is 7.65. The molecule has 4 aromatic rings. The van der Waals surface area contributed by atoms with Gasteiger partial charge in [0.05, 0.1) is 6.04 Å². The van der Waals surface area contributed by atoms with Crippen LogP contribution in [0.25, 0.3) is 21.7 Å². The predicted molar refractivity (Wildman–Crippen MR) is 120 cm³/mol. The van der Waals surface area contributed by atoms with Gasteiger partial charge in [-0.05, 0) is 41.0 Å². The summed E-state index contributed by atoms with van der Waals surface area (Å²) in [6, 6.07) is 21.4. The van der Waals surface area contributed by atoms with Crippen molar-refractivity contribution in [2.45, 2.75) is 32.4 Å². The maximum absolute atomic E-state index is 13.1. The standard InChI is InChI=1S/C25H25N3O2/c1-16(19-12-11-18-7-3-4-8-20(18)13-19)27-25(30)24(28-17(2)29)14-21-15-26-23-10-6-5-9-22(21)23/h3-13,15-16,24,26H,14H2,1-2H3,(H,27,30)(H,28,29). The zero-order valence-electron chi connectivity index (χ0n) is 17.1. The number of nitrogens with one attached hydrogen (secondary N) is 3. The van der Waals surface area contributed by atoms with Gasteiger partial charge in [-0.1, -0.05) is 54.6 Å². The van der Waals surface area contributed by atoms with Gasteiger partial charge in [0.1, 0.15) is 6.04 Å². The van der Waals surface area contributed by atoms with Crippen molar-refractivity contribution in [3.63, 3.8) is 0 Å². The van der Waals surface area contributed by atoms with Crippen LogP contribution in [0.15, 0.2) is 72.9 Å². The van der Waals surface area contributed by atoms with Gasteiger partial charge in [-0.3, -0.25) is 9.59 Å². The van der Waals surface area contributed by atoms with E-state index in [0.29, 0.717) is 6.42 Å². The van der Waals surface area contributed by atoms with Gasteiger partial charge in [0.2, 0.25) is 11.8 Å². The number of aromatic nitrogens is 1. The molecule has 0 saturated heterocycles. The molecule has 2 amide bonds. The van der Waals surface area contributed by atoms with E-state index in [9.17, 15) is 9.59 Å². The van der Waals surface area contributed by atoms with Gasteiger partial charge >= 0.3 is 0 Å².